The van der Waals surface area contributed by atoms with E-state index in [1.807, 2.05) is 0 Å². The van der Waals surface area contributed by atoms with E-state index in [1.165, 1.54) is 12.3 Å². The van der Waals surface area contributed by atoms with Gasteiger partial charge in [0.15, 0.2) is 0 Å². The molecule has 3 nitrogen and oxygen atoms in total. The van der Waals surface area contributed by atoms with Gasteiger partial charge in [-0.05, 0) is 18.2 Å². The molecule has 0 radical (unpaired) electrons. The van der Waals surface area contributed by atoms with E-state index in [0.717, 1.165) is 6.07 Å². The van der Waals surface area contributed by atoms with Gasteiger partial charge in [-0.3, -0.25) is 0 Å². The van der Waals surface area contributed by atoms with Crippen LogP contribution in [0.4, 0.5) is 18.9 Å². The molecule has 18 heavy (non-hydrogen) atoms. The lowest BCUT2D eigenvalue weighted by Crippen LogP contribution is -2.11. The zero-order valence-corrected chi connectivity index (χ0v) is 10.5. The van der Waals surface area contributed by atoms with Crippen LogP contribution in [0, 0.1) is 0 Å². The summed E-state index contributed by atoms with van der Waals surface area (Å²) in [5.74, 6) is 0. The Morgan fingerprint density at radius 3 is 2.67 bits per heavy atom. The van der Waals surface area contributed by atoms with E-state index in [4.69, 9.17) is 0 Å². The minimum absolute atomic E-state index is 0.00806. The van der Waals surface area contributed by atoms with Gasteiger partial charge >= 0.3 is 6.18 Å². The number of halogens is 4. The molecule has 0 saturated heterocycles. The van der Waals surface area contributed by atoms with Crippen molar-refractivity contribution in [1.29, 1.82) is 0 Å². The smallest absolute Gasteiger partial charge is 0.379 e. The van der Waals surface area contributed by atoms with Gasteiger partial charge in [0.1, 0.15) is 12.0 Å². The Bertz CT molecular complexity index is 526. The molecule has 0 atom stereocenters. The Morgan fingerprint density at radius 2 is 2.06 bits per heavy atom. The summed E-state index contributed by atoms with van der Waals surface area (Å²) < 4.78 is 43.4. The van der Waals surface area contributed by atoms with Crippen molar-refractivity contribution >= 4 is 21.6 Å². The Balaban J connectivity index is 2.22. The van der Waals surface area contributed by atoms with Crippen LogP contribution >= 0.6 is 15.9 Å². The molecule has 1 aromatic heterocycles. The fraction of sp³-hybridized carbons (Fsp3) is 0.182. The summed E-state index contributed by atoms with van der Waals surface area (Å²) in [7, 11) is 0. The number of benzene rings is 1. The molecule has 7 heteroatoms. The lowest BCUT2D eigenvalue weighted by molar-refractivity contribution is -0.137. The molecule has 96 valence electrons. The van der Waals surface area contributed by atoms with Gasteiger partial charge in [-0.2, -0.15) is 13.2 Å². The lowest BCUT2D eigenvalue weighted by Gasteiger charge is -2.14. The average molecular weight is 321 g/mol. The topological polar surface area (TPSA) is 38.1 Å². The van der Waals surface area contributed by atoms with Gasteiger partial charge in [0.25, 0.3) is 0 Å². The van der Waals surface area contributed by atoms with E-state index >= 15 is 0 Å². The summed E-state index contributed by atoms with van der Waals surface area (Å²) in [6, 6.07) is 5.53. The highest BCUT2D eigenvalue weighted by Crippen LogP contribution is 2.36. The Hall–Kier alpha value is -1.50. The number of anilines is 1. The zero-order chi connectivity index (χ0) is 13.2. The third kappa shape index (κ3) is 3.04. The van der Waals surface area contributed by atoms with Crippen molar-refractivity contribution in [2.24, 2.45) is 0 Å². The summed E-state index contributed by atoms with van der Waals surface area (Å²) in [5.41, 5.74) is -0.180. The highest BCUT2D eigenvalue weighted by molar-refractivity contribution is 9.10. The molecule has 0 spiro atoms. The number of nitrogens with one attached hydrogen (secondary N) is 1. The second-order valence-electron chi connectivity index (χ2n) is 3.53. The molecule has 0 bridgehead atoms. The highest BCUT2D eigenvalue weighted by Gasteiger charge is 2.33. The predicted molar refractivity (Wildman–Crippen MR) is 63.0 cm³/mol. The van der Waals surface area contributed by atoms with Crippen molar-refractivity contribution in [2.75, 3.05) is 5.32 Å². The van der Waals surface area contributed by atoms with Crippen LogP contribution in [0.2, 0.25) is 0 Å². The molecule has 0 amide bonds. The maximum Gasteiger partial charge on any atom is 0.418 e. The van der Waals surface area contributed by atoms with Gasteiger partial charge in [0.05, 0.1) is 12.1 Å². The number of alkyl halides is 3. The van der Waals surface area contributed by atoms with E-state index < -0.39 is 11.7 Å². The third-order valence-electron chi connectivity index (χ3n) is 2.24. The number of hydrogen-bond acceptors (Lipinski definition) is 3. The van der Waals surface area contributed by atoms with Gasteiger partial charge in [-0.15, -0.1) is 0 Å². The van der Waals surface area contributed by atoms with Crippen molar-refractivity contribution in [3.8, 4) is 0 Å². The van der Waals surface area contributed by atoms with Crippen molar-refractivity contribution in [3.63, 3.8) is 0 Å². The SMILES string of the molecule is FC(F)(F)c1cc(Br)ccc1NCc1ccon1. The first-order valence-electron chi connectivity index (χ1n) is 4.96. The first-order valence-corrected chi connectivity index (χ1v) is 5.76. The minimum Gasteiger partial charge on any atom is -0.379 e. The number of aromatic nitrogens is 1. The monoisotopic (exact) mass is 320 g/mol. The Kier molecular flexibility index (Phi) is 3.60. The first-order chi connectivity index (χ1) is 8.47. The molecular formula is C11H8BrF3N2O. The summed E-state index contributed by atoms with van der Waals surface area (Å²) in [4.78, 5) is 0. The zero-order valence-electron chi connectivity index (χ0n) is 8.96. The van der Waals surface area contributed by atoms with Gasteiger partial charge in [-0.25, -0.2) is 0 Å². The average Bonchev–Trinajstić information content (AvgIpc) is 2.79. The summed E-state index contributed by atoms with van der Waals surface area (Å²) in [6.07, 6.45) is -3.04. The molecule has 1 aromatic carbocycles. The van der Waals surface area contributed by atoms with Crippen LogP contribution in [0.1, 0.15) is 11.3 Å². The molecule has 0 fully saturated rings. The minimum atomic E-state index is -4.41. The molecule has 0 aliphatic carbocycles. The van der Waals surface area contributed by atoms with Crippen LogP contribution in [0.15, 0.2) is 39.5 Å². The molecule has 1 heterocycles. The molecule has 1 N–H and O–H groups in total. The summed E-state index contributed by atoms with van der Waals surface area (Å²) >= 11 is 3.02. The number of rotatable bonds is 3. The van der Waals surface area contributed by atoms with Crippen LogP contribution in [-0.4, -0.2) is 5.16 Å². The van der Waals surface area contributed by atoms with Crippen molar-refractivity contribution in [1.82, 2.24) is 5.16 Å². The van der Waals surface area contributed by atoms with Crippen molar-refractivity contribution in [2.45, 2.75) is 12.7 Å². The molecule has 2 aromatic rings. The second kappa shape index (κ2) is 5.01. The molecular weight excluding hydrogens is 313 g/mol. The van der Waals surface area contributed by atoms with E-state index in [-0.39, 0.29) is 12.2 Å². The van der Waals surface area contributed by atoms with Crippen LogP contribution < -0.4 is 5.32 Å². The van der Waals surface area contributed by atoms with Gasteiger partial charge in [0, 0.05) is 16.2 Å². The maximum absolute atomic E-state index is 12.8. The standard InChI is InChI=1S/C11H8BrF3N2O/c12-7-1-2-10(9(5-7)11(13,14)15)16-6-8-3-4-18-17-8/h1-5,16H,6H2. The van der Waals surface area contributed by atoms with Gasteiger partial charge < -0.3 is 9.84 Å². The number of nitrogens with zero attached hydrogens (tertiary/aromatic N) is 1. The lowest BCUT2D eigenvalue weighted by atomic mass is 10.1. The highest BCUT2D eigenvalue weighted by atomic mass is 79.9. The Labute approximate surface area is 109 Å². The molecule has 0 saturated carbocycles. The van der Waals surface area contributed by atoms with Gasteiger partial charge in [0.2, 0.25) is 0 Å². The fourth-order valence-corrected chi connectivity index (χ4v) is 1.78. The summed E-state index contributed by atoms with van der Waals surface area (Å²) in [5, 5.41) is 6.30. The maximum atomic E-state index is 12.8. The number of hydrogen-bond donors (Lipinski definition) is 1. The second-order valence-corrected chi connectivity index (χ2v) is 4.45. The van der Waals surface area contributed by atoms with Gasteiger partial charge in [-0.1, -0.05) is 21.1 Å². The van der Waals surface area contributed by atoms with E-state index in [9.17, 15) is 13.2 Å². The Morgan fingerprint density at radius 1 is 1.28 bits per heavy atom. The van der Waals surface area contributed by atoms with Crippen LogP contribution in [0.3, 0.4) is 0 Å². The van der Waals surface area contributed by atoms with E-state index in [0.29, 0.717) is 10.2 Å². The van der Waals surface area contributed by atoms with Crippen molar-refractivity contribution in [3.05, 3.63) is 46.3 Å². The van der Waals surface area contributed by atoms with Crippen LogP contribution in [0.5, 0.6) is 0 Å². The van der Waals surface area contributed by atoms with Crippen molar-refractivity contribution < 1.29 is 17.7 Å². The molecule has 0 aliphatic heterocycles. The van der Waals surface area contributed by atoms with E-state index in [2.05, 4.69) is 30.9 Å². The predicted octanol–water partition coefficient (Wildman–Crippen LogP) is 4.07. The largest absolute Gasteiger partial charge is 0.418 e. The molecule has 2 rings (SSSR count). The normalized spacial score (nSPS) is 11.6. The first kappa shape index (κ1) is 12.9. The quantitative estimate of drug-likeness (QED) is 0.926. The molecule has 0 aliphatic rings. The summed E-state index contributed by atoms with van der Waals surface area (Å²) in [6.45, 7) is 0.168. The third-order valence-corrected chi connectivity index (χ3v) is 2.73. The van der Waals surface area contributed by atoms with Crippen LogP contribution in [-0.2, 0) is 12.7 Å². The van der Waals surface area contributed by atoms with E-state index in [1.54, 1.807) is 12.1 Å². The van der Waals surface area contributed by atoms with Crippen LogP contribution in [0.25, 0.3) is 0 Å². The molecule has 0 unspecified atom stereocenters. The fourth-order valence-electron chi connectivity index (χ4n) is 1.42.